The topological polar surface area (TPSA) is 59.7 Å². The van der Waals surface area contributed by atoms with Gasteiger partial charge in [0.1, 0.15) is 11.8 Å². The molecular formula is C17H22O4. The summed E-state index contributed by atoms with van der Waals surface area (Å²) < 4.78 is 10.8. The zero-order valence-corrected chi connectivity index (χ0v) is 12.6. The predicted molar refractivity (Wildman–Crippen MR) is 82.8 cm³/mol. The maximum Gasteiger partial charge on any atom is 0.234 e. The van der Waals surface area contributed by atoms with Gasteiger partial charge in [0.2, 0.25) is 11.2 Å². The van der Waals surface area contributed by atoms with Crippen molar-refractivity contribution in [1.29, 1.82) is 0 Å². The number of aliphatic hydroxyl groups excluding tert-OH is 1. The first kappa shape index (κ1) is 15.6. The van der Waals surface area contributed by atoms with E-state index in [0.717, 1.165) is 18.4 Å². The summed E-state index contributed by atoms with van der Waals surface area (Å²) in [7, 11) is 0. The monoisotopic (exact) mass is 290 g/mol. The smallest absolute Gasteiger partial charge is 0.234 e. The van der Waals surface area contributed by atoms with Crippen LogP contribution < -0.4 is 10.2 Å². The first-order valence-electron chi connectivity index (χ1n) is 7.40. The molecule has 0 amide bonds. The minimum Gasteiger partial charge on any atom is -0.487 e. The van der Waals surface area contributed by atoms with E-state index in [9.17, 15) is 4.79 Å². The Morgan fingerprint density at radius 3 is 2.86 bits per heavy atom. The number of ether oxygens (including phenoxy) is 1. The predicted octanol–water partition coefficient (Wildman–Crippen LogP) is 3.14. The highest BCUT2D eigenvalue weighted by Gasteiger charge is 2.09. The molecular weight excluding hydrogens is 268 g/mol. The summed E-state index contributed by atoms with van der Waals surface area (Å²) in [5.74, 6) is 0.835. The lowest BCUT2D eigenvalue weighted by atomic mass is 10.0. The summed E-state index contributed by atoms with van der Waals surface area (Å²) in [5, 5.41) is 9.30. The van der Waals surface area contributed by atoms with Crippen LogP contribution in [0.15, 0.2) is 33.7 Å². The molecule has 0 aliphatic carbocycles. The minimum atomic E-state index is -0.152. The van der Waals surface area contributed by atoms with Gasteiger partial charge in [-0.05, 0) is 36.5 Å². The van der Waals surface area contributed by atoms with Gasteiger partial charge < -0.3 is 14.3 Å². The summed E-state index contributed by atoms with van der Waals surface area (Å²) in [6.45, 7) is 4.71. The fourth-order valence-corrected chi connectivity index (χ4v) is 2.12. The van der Waals surface area contributed by atoms with Crippen molar-refractivity contribution in [1.82, 2.24) is 0 Å². The van der Waals surface area contributed by atoms with Crippen LogP contribution in [0.4, 0.5) is 0 Å². The van der Waals surface area contributed by atoms with Gasteiger partial charge in [0, 0.05) is 13.0 Å². The Morgan fingerprint density at radius 2 is 2.14 bits per heavy atom. The number of benzene rings is 1. The molecule has 1 N–H and O–H groups in total. The van der Waals surface area contributed by atoms with Crippen molar-refractivity contribution in [2.75, 3.05) is 13.2 Å². The quantitative estimate of drug-likeness (QED) is 0.796. The molecule has 0 fully saturated rings. The molecule has 1 aromatic carbocycles. The fourth-order valence-electron chi connectivity index (χ4n) is 2.12. The summed E-state index contributed by atoms with van der Waals surface area (Å²) in [6.07, 6.45) is 3.87. The van der Waals surface area contributed by atoms with Gasteiger partial charge in [0.05, 0.1) is 12.0 Å². The second-order valence-corrected chi connectivity index (χ2v) is 5.62. The molecule has 4 nitrogen and oxygen atoms in total. The highest BCUT2D eigenvalue weighted by molar-refractivity contribution is 5.78. The molecule has 114 valence electrons. The molecule has 2 rings (SSSR count). The number of fused-ring (bicyclic) bond motifs is 1. The molecule has 0 spiro atoms. The largest absolute Gasteiger partial charge is 0.487 e. The molecule has 21 heavy (non-hydrogen) atoms. The molecule has 0 saturated carbocycles. The van der Waals surface area contributed by atoms with Gasteiger partial charge >= 0.3 is 0 Å². The average molecular weight is 290 g/mol. The van der Waals surface area contributed by atoms with E-state index in [1.165, 1.54) is 6.26 Å². The van der Waals surface area contributed by atoms with Crippen molar-refractivity contribution >= 4 is 11.0 Å². The first-order chi connectivity index (χ1) is 10.1. The van der Waals surface area contributed by atoms with E-state index in [0.29, 0.717) is 29.9 Å². The van der Waals surface area contributed by atoms with Crippen LogP contribution in [0.5, 0.6) is 5.75 Å². The maximum absolute atomic E-state index is 12.4. The third kappa shape index (κ3) is 4.08. The Hall–Kier alpha value is -1.81. The van der Waals surface area contributed by atoms with Gasteiger partial charge in [0.15, 0.2) is 0 Å². The lowest BCUT2D eigenvalue weighted by molar-refractivity contribution is 0.230. The molecule has 0 unspecified atom stereocenters. The van der Waals surface area contributed by atoms with Crippen molar-refractivity contribution in [2.24, 2.45) is 5.92 Å². The van der Waals surface area contributed by atoms with Gasteiger partial charge in [-0.1, -0.05) is 19.9 Å². The summed E-state index contributed by atoms with van der Waals surface area (Å²) >= 11 is 0. The maximum atomic E-state index is 12.4. The molecule has 0 radical (unpaired) electrons. The second-order valence-electron chi connectivity index (χ2n) is 5.62. The van der Waals surface area contributed by atoms with E-state index >= 15 is 0 Å². The van der Waals surface area contributed by atoms with E-state index in [-0.39, 0.29) is 17.8 Å². The first-order valence-corrected chi connectivity index (χ1v) is 7.40. The van der Waals surface area contributed by atoms with E-state index in [1.54, 1.807) is 0 Å². The van der Waals surface area contributed by atoms with Gasteiger partial charge in [-0.2, -0.15) is 0 Å². The van der Waals surface area contributed by atoms with Crippen molar-refractivity contribution in [3.8, 4) is 5.75 Å². The Kier molecular flexibility index (Phi) is 5.39. The van der Waals surface area contributed by atoms with Crippen LogP contribution in [-0.4, -0.2) is 18.3 Å². The minimum absolute atomic E-state index is 0.0399. The third-order valence-corrected chi connectivity index (χ3v) is 3.38. The molecule has 0 aliphatic heterocycles. The Morgan fingerprint density at radius 1 is 1.33 bits per heavy atom. The van der Waals surface area contributed by atoms with Crippen molar-refractivity contribution in [3.63, 3.8) is 0 Å². The number of hydrogen-bond acceptors (Lipinski definition) is 4. The summed E-state index contributed by atoms with van der Waals surface area (Å²) in [6, 6.07) is 5.73. The van der Waals surface area contributed by atoms with E-state index < -0.39 is 0 Å². The summed E-state index contributed by atoms with van der Waals surface area (Å²) in [5.41, 5.74) is 1.56. The second kappa shape index (κ2) is 7.27. The number of hydrogen-bond donors (Lipinski definition) is 1. The van der Waals surface area contributed by atoms with Crippen LogP contribution in [0.2, 0.25) is 0 Å². The van der Waals surface area contributed by atoms with Crippen LogP contribution in [0.1, 0.15) is 32.3 Å². The number of aliphatic hydroxyl groups is 1. The van der Waals surface area contributed by atoms with Crippen molar-refractivity contribution in [3.05, 3.63) is 40.2 Å². The van der Waals surface area contributed by atoms with Crippen LogP contribution in [0.3, 0.4) is 0 Å². The lowest BCUT2D eigenvalue weighted by Gasteiger charge is -2.07. The highest BCUT2D eigenvalue weighted by atomic mass is 16.5. The van der Waals surface area contributed by atoms with Crippen LogP contribution >= 0.6 is 0 Å². The van der Waals surface area contributed by atoms with Crippen molar-refractivity contribution < 1.29 is 14.3 Å². The van der Waals surface area contributed by atoms with E-state index in [4.69, 9.17) is 14.3 Å². The molecule has 2 aromatic rings. The van der Waals surface area contributed by atoms with Gasteiger partial charge in [-0.3, -0.25) is 4.79 Å². The van der Waals surface area contributed by atoms with Gasteiger partial charge in [0.25, 0.3) is 0 Å². The normalized spacial score (nSPS) is 11.2. The zero-order valence-electron chi connectivity index (χ0n) is 12.6. The number of rotatable bonds is 7. The van der Waals surface area contributed by atoms with Gasteiger partial charge in [-0.25, -0.2) is 0 Å². The third-order valence-electron chi connectivity index (χ3n) is 3.38. The number of aryl methyl sites for hydroxylation is 1. The van der Waals surface area contributed by atoms with E-state index in [1.807, 2.05) is 18.2 Å². The average Bonchev–Trinajstić information content (AvgIpc) is 2.48. The van der Waals surface area contributed by atoms with Crippen LogP contribution in [0.25, 0.3) is 11.0 Å². The SMILES string of the molecule is CC(C)CCc1ccc2occ(OCCCO)c(=O)c2c1. The molecule has 0 bridgehead atoms. The van der Waals surface area contributed by atoms with Crippen molar-refractivity contribution in [2.45, 2.75) is 33.1 Å². The molecule has 0 aliphatic rings. The van der Waals surface area contributed by atoms with Crippen LogP contribution in [0, 0.1) is 5.92 Å². The Bertz CT molecular complexity index is 643. The van der Waals surface area contributed by atoms with Gasteiger partial charge in [-0.15, -0.1) is 0 Å². The van der Waals surface area contributed by atoms with E-state index in [2.05, 4.69) is 13.8 Å². The molecule has 1 heterocycles. The fraction of sp³-hybridized carbons (Fsp3) is 0.471. The highest BCUT2D eigenvalue weighted by Crippen LogP contribution is 2.18. The standard InChI is InChI=1S/C17H22O4/c1-12(2)4-5-13-6-7-15-14(10-13)17(19)16(11-21-15)20-9-3-8-18/h6-7,10-12,18H,3-5,8-9H2,1-2H3. The molecule has 4 heteroatoms. The molecule has 0 atom stereocenters. The summed E-state index contributed by atoms with van der Waals surface area (Å²) in [4.78, 5) is 12.4. The zero-order chi connectivity index (χ0) is 15.2. The Labute approximate surface area is 124 Å². The molecule has 1 aromatic heterocycles. The van der Waals surface area contributed by atoms with Crippen LogP contribution in [-0.2, 0) is 6.42 Å². The lowest BCUT2D eigenvalue weighted by Crippen LogP contribution is -2.10. The Balaban J connectivity index is 2.26. The molecule has 0 saturated heterocycles.